The van der Waals surface area contributed by atoms with E-state index >= 15 is 0 Å². The molecule has 1 amide bonds. The van der Waals surface area contributed by atoms with Gasteiger partial charge in [-0.25, -0.2) is 0 Å². The van der Waals surface area contributed by atoms with Gasteiger partial charge in [0.15, 0.2) is 0 Å². The summed E-state index contributed by atoms with van der Waals surface area (Å²) in [6.45, 7) is 6.08. The number of hydrogen-bond acceptors (Lipinski definition) is 4. The maximum atomic E-state index is 12.1. The van der Waals surface area contributed by atoms with E-state index in [-0.39, 0.29) is 12.5 Å². The SMILES string of the molecule is CC1=NN(c2ccc(C(=O)NCC(C)(C)C(=O)O)cc2)CC1. The van der Waals surface area contributed by atoms with Crippen LogP contribution in [0.15, 0.2) is 29.4 Å². The van der Waals surface area contributed by atoms with Gasteiger partial charge in [0.2, 0.25) is 0 Å². The summed E-state index contributed by atoms with van der Waals surface area (Å²) in [6.07, 6.45) is 0.951. The Labute approximate surface area is 129 Å². The molecule has 0 aromatic heterocycles. The van der Waals surface area contributed by atoms with Crippen LogP contribution in [-0.2, 0) is 4.79 Å². The van der Waals surface area contributed by atoms with Crippen molar-refractivity contribution in [1.82, 2.24) is 5.32 Å². The van der Waals surface area contributed by atoms with Gasteiger partial charge >= 0.3 is 5.97 Å². The monoisotopic (exact) mass is 303 g/mol. The average molecular weight is 303 g/mol. The van der Waals surface area contributed by atoms with E-state index in [0.717, 1.165) is 24.4 Å². The molecule has 1 aliphatic heterocycles. The van der Waals surface area contributed by atoms with Crippen LogP contribution in [0, 0.1) is 5.41 Å². The Bertz CT molecular complexity index is 606. The standard InChI is InChI=1S/C16H21N3O3/c1-11-8-9-19(18-11)13-6-4-12(5-7-13)14(20)17-10-16(2,3)15(21)22/h4-7H,8-10H2,1-3H3,(H,17,20)(H,21,22). The molecule has 1 heterocycles. The first-order chi connectivity index (χ1) is 10.3. The number of carboxylic acid groups (broad SMARTS) is 1. The van der Waals surface area contributed by atoms with Gasteiger partial charge in [-0.3, -0.25) is 14.6 Å². The molecule has 6 nitrogen and oxygen atoms in total. The third-order valence-corrected chi connectivity index (χ3v) is 3.67. The Hall–Kier alpha value is -2.37. The fourth-order valence-corrected chi connectivity index (χ4v) is 2.02. The number of carbonyl (C=O) groups excluding carboxylic acids is 1. The molecular weight excluding hydrogens is 282 g/mol. The molecule has 0 saturated carbocycles. The fraction of sp³-hybridized carbons (Fsp3) is 0.438. The molecule has 0 bridgehead atoms. The first kappa shape index (κ1) is 16.0. The van der Waals surface area contributed by atoms with E-state index in [0.29, 0.717) is 5.56 Å². The maximum absolute atomic E-state index is 12.1. The van der Waals surface area contributed by atoms with E-state index in [4.69, 9.17) is 5.11 Å². The highest BCUT2D eigenvalue weighted by molar-refractivity contribution is 5.95. The van der Waals surface area contributed by atoms with Crippen LogP contribution in [0.2, 0.25) is 0 Å². The topological polar surface area (TPSA) is 82.0 Å². The minimum Gasteiger partial charge on any atom is -0.481 e. The number of nitrogens with one attached hydrogen (secondary N) is 1. The normalized spacial score (nSPS) is 14.7. The Morgan fingerprint density at radius 2 is 1.95 bits per heavy atom. The van der Waals surface area contributed by atoms with E-state index in [1.165, 1.54) is 0 Å². The van der Waals surface area contributed by atoms with Crippen LogP contribution in [0.4, 0.5) is 5.69 Å². The zero-order valence-electron chi connectivity index (χ0n) is 13.1. The van der Waals surface area contributed by atoms with Crippen molar-refractivity contribution in [2.45, 2.75) is 27.2 Å². The smallest absolute Gasteiger partial charge is 0.310 e. The van der Waals surface area contributed by atoms with Crippen LogP contribution >= 0.6 is 0 Å². The van der Waals surface area contributed by atoms with Gasteiger partial charge in [0.05, 0.1) is 11.1 Å². The number of anilines is 1. The third kappa shape index (κ3) is 3.63. The van der Waals surface area contributed by atoms with E-state index in [1.807, 2.05) is 24.1 Å². The van der Waals surface area contributed by atoms with Crippen molar-refractivity contribution in [2.24, 2.45) is 10.5 Å². The minimum atomic E-state index is -0.989. The Balaban J connectivity index is 1.98. The molecular formula is C16H21N3O3. The number of carboxylic acids is 1. The van der Waals surface area contributed by atoms with Gasteiger partial charge < -0.3 is 10.4 Å². The lowest BCUT2D eigenvalue weighted by Gasteiger charge is -2.19. The summed E-state index contributed by atoms with van der Waals surface area (Å²) < 4.78 is 0. The summed E-state index contributed by atoms with van der Waals surface area (Å²) in [5, 5.41) is 18.0. The molecule has 0 spiro atoms. The fourth-order valence-electron chi connectivity index (χ4n) is 2.02. The van der Waals surface area contributed by atoms with Gasteiger partial charge in [-0.1, -0.05) is 0 Å². The van der Waals surface area contributed by atoms with Gasteiger partial charge in [-0.2, -0.15) is 5.10 Å². The minimum absolute atomic E-state index is 0.0819. The van der Waals surface area contributed by atoms with E-state index < -0.39 is 11.4 Å². The highest BCUT2D eigenvalue weighted by Crippen LogP contribution is 2.20. The molecule has 2 rings (SSSR count). The van der Waals surface area contributed by atoms with Crippen LogP contribution in [0.3, 0.4) is 0 Å². The van der Waals surface area contributed by atoms with Crippen molar-refractivity contribution >= 4 is 23.3 Å². The summed E-state index contributed by atoms with van der Waals surface area (Å²) in [5.74, 6) is -1.22. The number of carbonyl (C=O) groups is 2. The van der Waals surface area contributed by atoms with Gasteiger partial charge in [-0.05, 0) is 45.0 Å². The zero-order chi connectivity index (χ0) is 16.3. The van der Waals surface area contributed by atoms with Crippen molar-refractivity contribution in [1.29, 1.82) is 0 Å². The number of amides is 1. The second-order valence-electron chi connectivity index (χ2n) is 6.13. The molecule has 0 unspecified atom stereocenters. The number of rotatable bonds is 5. The molecule has 0 aliphatic carbocycles. The van der Waals surface area contributed by atoms with Crippen LogP contribution in [0.25, 0.3) is 0 Å². The lowest BCUT2D eigenvalue weighted by atomic mass is 9.94. The molecule has 0 fully saturated rings. The van der Waals surface area contributed by atoms with Gasteiger partial charge in [0.25, 0.3) is 5.91 Å². The molecule has 22 heavy (non-hydrogen) atoms. The largest absolute Gasteiger partial charge is 0.481 e. The summed E-state index contributed by atoms with van der Waals surface area (Å²) in [6, 6.07) is 7.14. The molecule has 1 aromatic rings. The first-order valence-electron chi connectivity index (χ1n) is 7.23. The lowest BCUT2D eigenvalue weighted by molar-refractivity contribution is -0.146. The molecule has 6 heteroatoms. The maximum Gasteiger partial charge on any atom is 0.310 e. The Morgan fingerprint density at radius 3 is 2.45 bits per heavy atom. The highest BCUT2D eigenvalue weighted by Gasteiger charge is 2.27. The molecule has 0 atom stereocenters. The number of hydrogen-bond donors (Lipinski definition) is 2. The van der Waals surface area contributed by atoms with Crippen molar-refractivity contribution < 1.29 is 14.7 Å². The second kappa shape index (κ2) is 6.17. The quantitative estimate of drug-likeness (QED) is 0.873. The van der Waals surface area contributed by atoms with Gasteiger partial charge in [0, 0.05) is 30.8 Å². The average Bonchev–Trinajstić information content (AvgIpc) is 2.91. The van der Waals surface area contributed by atoms with E-state index in [9.17, 15) is 9.59 Å². The molecule has 2 N–H and O–H groups in total. The highest BCUT2D eigenvalue weighted by atomic mass is 16.4. The van der Waals surface area contributed by atoms with E-state index in [1.54, 1.807) is 26.0 Å². The van der Waals surface area contributed by atoms with Crippen LogP contribution in [0.5, 0.6) is 0 Å². The zero-order valence-corrected chi connectivity index (χ0v) is 13.1. The first-order valence-corrected chi connectivity index (χ1v) is 7.23. The molecule has 1 aliphatic rings. The summed E-state index contributed by atoms with van der Waals surface area (Å²) in [7, 11) is 0. The number of hydrazone groups is 1. The summed E-state index contributed by atoms with van der Waals surface area (Å²) >= 11 is 0. The van der Waals surface area contributed by atoms with Crippen molar-refractivity contribution in [2.75, 3.05) is 18.1 Å². The summed E-state index contributed by atoms with van der Waals surface area (Å²) in [4.78, 5) is 23.1. The van der Waals surface area contributed by atoms with Crippen molar-refractivity contribution in [3.63, 3.8) is 0 Å². The van der Waals surface area contributed by atoms with Crippen LogP contribution < -0.4 is 10.3 Å². The predicted molar refractivity (Wildman–Crippen MR) is 85.3 cm³/mol. The Morgan fingerprint density at radius 1 is 1.32 bits per heavy atom. The molecule has 118 valence electrons. The van der Waals surface area contributed by atoms with E-state index in [2.05, 4.69) is 10.4 Å². The van der Waals surface area contributed by atoms with Crippen molar-refractivity contribution in [3.8, 4) is 0 Å². The van der Waals surface area contributed by atoms with Crippen LogP contribution in [-0.4, -0.2) is 35.8 Å². The lowest BCUT2D eigenvalue weighted by Crippen LogP contribution is -2.38. The van der Waals surface area contributed by atoms with Crippen molar-refractivity contribution in [3.05, 3.63) is 29.8 Å². The second-order valence-corrected chi connectivity index (χ2v) is 6.13. The predicted octanol–water partition coefficient (Wildman–Crippen LogP) is 2.11. The molecule has 0 saturated heterocycles. The van der Waals surface area contributed by atoms with Crippen LogP contribution in [0.1, 0.15) is 37.6 Å². The summed E-state index contributed by atoms with van der Waals surface area (Å²) in [5.41, 5.74) is 1.55. The molecule has 1 aromatic carbocycles. The Kier molecular flexibility index (Phi) is 4.49. The number of nitrogens with zero attached hydrogens (tertiary/aromatic N) is 2. The van der Waals surface area contributed by atoms with Gasteiger partial charge in [-0.15, -0.1) is 0 Å². The van der Waals surface area contributed by atoms with Gasteiger partial charge in [0.1, 0.15) is 0 Å². The molecule has 0 radical (unpaired) electrons. The third-order valence-electron chi connectivity index (χ3n) is 3.67. The number of aliphatic carboxylic acids is 1. The number of benzene rings is 1.